The van der Waals surface area contributed by atoms with Crippen molar-refractivity contribution in [3.63, 3.8) is 0 Å². The lowest BCUT2D eigenvalue weighted by Gasteiger charge is -2.36. The SMILES string of the molecule is C[C@@H](CCn1cccn1)N1CCC(Oc2cc(Cl)ccc2C(=O)N2CCCCC2)CC1. The van der Waals surface area contributed by atoms with Crippen LogP contribution >= 0.6 is 11.6 Å². The van der Waals surface area contributed by atoms with Gasteiger partial charge in [-0.15, -0.1) is 0 Å². The van der Waals surface area contributed by atoms with Gasteiger partial charge in [-0.1, -0.05) is 11.6 Å². The van der Waals surface area contributed by atoms with E-state index in [2.05, 4.69) is 16.9 Å². The maximum absolute atomic E-state index is 13.1. The highest BCUT2D eigenvalue weighted by Crippen LogP contribution is 2.29. The third kappa shape index (κ3) is 5.80. The van der Waals surface area contributed by atoms with E-state index in [0.717, 1.165) is 64.8 Å². The van der Waals surface area contributed by atoms with Crippen LogP contribution in [0.4, 0.5) is 0 Å². The molecule has 1 atom stereocenters. The first kappa shape index (κ1) is 22.2. The topological polar surface area (TPSA) is 50.6 Å². The summed E-state index contributed by atoms with van der Waals surface area (Å²) in [6.45, 7) is 6.89. The number of aryl methyl sites for hydroxylation is 1. The van der Waals surface area contributed by atoms with Gasteiger partial charge in [-0.25, -0.2) is 0 Å². The van der Waals surface area contributed by atoms with Crippen LogP contribution < -0.4 is 4.74 Å². The van der Waals surface area contributed by atoms with Crippen LogP contribution in [0.1, 0.15) is 55.8 Å². The van der Waals surface area contributed by atoms with E-state index in [4.69, 9.17) is 16.3 Å². The number of benzene rings is 1. The number of nitrogens with zero attached hydrogens (tertiary/aromatic N) is 4. The molecular weight excluding hydrogens is 412 g/mol. The molecule has 0 unspecified atom stereocenters. The van der Waals surface area contributed by atoms with E-state index in [1.807, 2.05) is 34.1 Å². The minimum absolute atomic E-state index is 0.0658. The molecule has 168 valence electrons. The van der Waals surface area contributed by atoms with Gasteiger partial charge in [0.15, 0.2) is 0 Å². The van der Waals surface area contributed by atoms with E-state index in [1.165, 1.54) is 6.42 Å². The summed E-state index contributed by atoms with van der Waals surface area (Å²) in [6, 6.07) is 7.88. The molecule has 3 heterocycles. The van der Waals surface area contributed by atoms with Gasteiger partial charge in [-0.05, 0) is 69.7 Å². The molecule has 2 aliphatic rings. The van der Waals surface area contributed by atoms with Crippen LogP contribution in [0, 0.1) is 0 Å². The summed E-state index contributed by atoms with van der Waals surface area (Å²) in [5, 5.41) is 4.90. The lowest BCUT2D eigenvalue weighted by molar-refractivity contribution is 0.0673. The number of carbonyl (C=O) groups is 1. The largest absolute Gasteiger partial charge is 0.489 e. The third-order valence-electron chi connectivity index (χ3n) is 6.55. The van der Waals surface area contributed by atoms with Gasteiger partial charge < -0.3 is 14.5 Å². The molecular formula is C24H33ClN4O2. The van der Waals surface area contributed by atoms with Crippen molar-refractivity contribution in [1.82, 2.24) is 19.6 Å². The molecule has 2 fully saturated rings. The fourth-order valence-corrected chi connectivity index (χ4v) is 4.75. The average molecular weight is 445 g/mol. The summed E-state index contributed by atoms with van der Waals surface area (Å²) in [6.07, 6.45) is 10.3. The second kappa shape index (κ2) is 10.5. The van der Waals surface area contributed by atoms with E-state index >= 15 is 0 Å². The van der Waals surface area contributed by atoms with Crippen LogP contribution in [0.15, 0.2) is 36.7 Å². The van der Waals surface area contributed by atoms with Crippen LogP contribution in [0.25, 0.3) is 0 Å². The number of piperidine rings is 2. The van der Waals surface area contributed by atoms with Gasteiger partial charge in [-0.2, -0.15) is 5.10 Å². The van der Waals surface area contributed by atoms with E-state index in [1.54, 1.807) is 12.1 Å². The van der Waals surface area contributed by atoms with E-state index in [9.17, 15) is 4.79 Å². The highest BCUT2D eigenvalue weighted by molar-refractivity contribution is 6.30. The van der Waals surface area contributed by atoms with Gasteiger partial charge in [0.25, 0.3) is 5.91 Å². The minimum Gasteiger partial charge on any atom is -0.489 e. The Morgan fingerprint density at radius 2 is 1.97 bits per heavy atom. The second-order valence-corrected chi connectivity index (χ2v) is 9.19. The molecule has 0 aliphatic carbocycles. The number of halogens is 1. The van der Waals surface area contributed by atoms with Crippen molar-refractivity contribution in [2.45, 2.75) is 64.1 Å². The third-order valence-corrected chi connectivity index (χ3v) is 6.78. The van der Waals surface area contributed by atoms with Crippen molar-refractivity contribution in [3.05, 3.63) is 47.2 Å². The van der Waals surface area contributed by atoms with Gasteiger partial charge >= 0.3 is 0 Å². The molecule has 0 saturated carbocycles. The Hall–Kier alpha value is -2.05. The van der Waals surface area contributed by atoms with E-state index in [-0.39, 0.29) is 12.0 Å². The van der Waals surface area contributed by atoms with Crippen molar-refractivity contribution in [2.24, 2.45) is 0 Å². The van der Waals surface area contributed by atoms with Crippen LogP contribution in [0.5, 0.6) is 5.75 Å². The van der Waals surface area contributed by atoms with Crippen molar-refractivity contribution in [2.75, 3.05) is 26.2 Å². The molecule has 2 saturated heterocycles. The molecule has 1 amide bonds. The van der Waals surface area contributed by atoms with E-state index < -0.39 is 0 Å². The van der Waals surface area contributed by atoms with Crippen molar-refractivity contribution < 1.29 is 9.53 Å². The van der Waals surface area contributed by atoms with Crippen molar-refractivity contribution >= 4 is 17.5 Å². The number of hydrogen-bond donors (Lipinski definition) is 0. The first-order chi connectivity index (χ1) is 15.1. The lowest BCUT2D eigenvalue weighted by atomic mass is 10.0. The van der Waals surface area contributed by atoms with Crippen LogP contribution in [0.3, 0.4) is 0 Å². The van der Waals surface area contributed by atoms with Gasteiger partial charge in [0.1, 0.15) is 11.9 Å². The summed E-state index contributed by atoms with van der Waals surface area (Å²) in [7, 11) is 0. The Bertz CT molecular complexity index is 843. The standard InChI is InChI=1S/C24H33ClN4O2/c1-19(8-17-29-14-5-11-26-29)27-15-9-21(10-16-27)31-23-18-20(25)6-7-22(23)24(30)28-12-3-2-4-13-28/h5-7,11,14,18-19,21H,2-4,8-10,12-13,15-17H2,1H3/t19-/m0/s1. The second-order valence-electron chi connectivity index (χ2n) is 8.75. The maximum Gasteiger partial charge on any atom is 0.257 e. The highest BCUT2D eigenvalue weighted by Gasteiger charge is 2.27. The zero-order valence-corrected chi connectivity index (χ0v) is 19.1. The number of ether oxygens (including phenoxy) is 1. The Labute approximate surface area is 190 Å². The predicted octanol–water partition coefficient (Wildman–Crippen LogP) is 4.48. The number of carbonyl (C=O) groups excluding carboxylic acids is 1. The summed E-state index contributed by atoms with van der Waals surface area (Å²) >= 11 is 6.25. The molecule has 7 heteroatoms. The number of rotatable bonds is 7. The molecule has 4 rings (SSSR count). The Balaban J connectivity index is 1.32. The summed E-state index contributed by atoms with van der Waals surface area (Å²) < 4.78 is 8.35. The molecule has 0 N–H and O–H groups in total. The van der Waals surface area contributed by atoms with Gasteiger partial charge in [0.2, 0.25) is 0 Å². The lowest BCUT2D eigenvalue weighted by Crippen LogP contribution is -2.43. The fraction of sp³-hybridized carbons (Fsp3) is 0.583. The molecule has 6 nitrogen and oxygen atoms in total. The molecule has 0 bridgehead atoms. The quantitative estimate of drug-likeness (QED) is 0.631. The smallest absolute Gasteiger partial charge is 0.257 e. The fourth-order valence-electron chi connectivity index (χ4n) is 4.59. The number of amides is 1. The monoisotopic (exact) mass is 444 g/mol. The Kier molecular flexibility index (Phi) is 7.51. The van der Waals surface area contributed by atoms with Gasteiger partial charge in [-0.3, -0.25) is 9.48 Å². The number of aromatic nitrogens is 2. The number of hydrogen-bond acceptors (Lipinski definition) is 4. The normalized spacial score (nSPS) is 19.4. The molecule has 1 aromatic carbocycles. The highest BCUT2D eigenvalue weighted by atomic mass is 35.5. The maximum atomic E-state index is 13.1. The molecule has 2 aliphatic heterocycles. The van der Waals surface area contributed by atoms with Crippen molar-refractivity contribution in [1.29, 1.82) is 0 Å². The average Bonchev–Trinajstić information content (AvgIpc) is 3.32. The zero-order chi connectivity index (χ0) is 21.6. The van der Waals surface area contributed by atoms with Crippen LogP contribution in [0.2, 0.25) is 5.02 Å². The minimum atomic E-state index is 0.0658. The van der Waals surface area contributed by atoms with E-state index in [0.29, 0.717) is 22.4 Å². The van der Waals surface area contributed by atoms with Crippen LogP contribution in [-0.2, 0) is 6.54 Å². The molecule has 1 aromatic heterocycles. The van der Waals surface area contributed by atoms with Gasteiger partial charge in [0, 0.05) is 56.2 Å². The summed E-state index contributed by atoms with van der Waals surface area (Å²) in [4.78, 5) is 17.5. The zero-order valence-electron chi connectivity index (χ0n) is 18.4. The number of likely N-dealkylation sites (tertiary alicyclic amines) is 2. The summed E-state index contributed by atoms with van der Waals surface area (Å²) in [5.74, 6) is 0.698. The van der Waals surface area contributed by atoms with Crippen LogP contribution in [-0.4, -0.2) is 63.8 Å². The Morgan fingerprint density at radius 3 is 2.68 bits per heavy atom. The van der Waals surface area contributed by atoms with Gasteiger partial charge in [0.05, 0.1) is 5.56 Å². The molecule has 0 spiro atoms. The first-order valence-corrected chi connectivity index (χ1v) is 11.9. The summed E-state index contributed by atoms with van der Waals surface area (Å²) in [5.41, 5.74) is 0.640. The Morgan fingerprint density at radius 1 is 1.19 bits per heavy atom. The first-order valence-electron chi connectivity index (χ1n) is 11.6. The van der Waals surface area contributed by atoms with Crippen molar-refractivity contribution in [3.8, 4) is 5.75 Å². The molecule has 2 aromatic rings. The predicted molar refractivity (Wildman–Crippen MR) is 123 cm³/mol. The molecule has 31 heavy (non-hydrogen) atoms. The molecule has 0 radical (unpaired) electrons.